The van der Waals surface area contributed by atoms with Crippen LogP contribution in [0.25, 0.3) is 10.9 Å². The maximum atomic E-state index is 12.4. The van der Waals surface area contributed by atoms with E-state index in [2.05, 4.69) is 20.8 Å². The Balaban J connectivity index is 1.67. The summed E-state index contributed by atoms with van der Waals surface area (Å²) in [5, 5.41) is 13.1. The van der Waals surface area contributed by atoms with Gasteiger partial charge in [-0.15, -0.1) is 11.8 Å². The Bertz CT molecular complexity index is 922. The van der Waals surface area contributed by atoms with E-state index in [0.717, 1.165) is 15.8 Å². The molecule has 0 aliphatic carbocycles. The second-order valence-electron chi connectivity index (χ2n) is 5.53. The molecule has 2 amide bonds. The van der Waals surface area contributed by atoms with Gasteiger partial charge in [0.2, 0.25) is 5.91 Å². The summed E-state index contributed by atoms with van der Waals surface area (Å²) < 4.78 is 0. The number of hydrogen-bond donors (Lipinski definition) is 3. The molecule has 1 heterocycles. The van der Waals surface area contributed by atoms with Gasteiger partial charge in [0.25, 0.3) is 5.91 Å². The molecule has 0 spiro atoms. The highest BCUT2D eigenvalue weighted by atomic mass is 32.2. The van der Waals surface area contributed by atoms with Crippen molar-refractivity contribution >= 4 is 40.2 Å². The first kappa shape index (κ1) is 17.0. The molecule has 2 aromatic carbocycles. The van der Waals surface area contributed by atoms with Crippen molar-refractivity contribution in [3.8, 4) is 0 Å². The quantitative estimate of drug-likeness (QED) is 0.615. The van der Waals surface area contributed by atoms with Gasteiger partial charge in [0.1, 0.15) is 6.04 Å². The van der Waals surface area contributed by atoms with Crippen molar-refractivity contribution < 1.29 is 9.59 Å². The first-order valence-corrected chi connectivity index (χ1v) is 9.00. The minimum Gasteiger partial charge on any atom is -0.339 e. The van der Waals surface area contributed by atoms with E-state index >= 15 is 0 Å². The lowest BCUT2D eigenvalue weighted by Crippen LogP contribution is -2.41. The summed E-state index contributed by atoms with van der Waals surface area (Å²) in [6.45, 7) is 1.64. The summed E-state index contributed by atoms with van der Waals surface area (Å²) >= 11 is 1.60. The van der Waals surface area contributed by atoms with Crippen LogP contribution >= 0.6 is 11.8 Å². The summed E-state index contributed by atoms with van der Waals surface area (Å²) in [4.78, 5) is 25.8. The molecular weight excluding hydrogens is 336 g/mol. The Morgan fingerprint density at radius 3 is 2.76 bits per heavy atom. The molecule has 0 saturated carbocycles. The Hall–Kier alpha value is -2.80. The number of fused-ring (bicyclic) bond motifs is 1. The molecule has 3 aromatic rings. The van der Waals surface area contributed by atoms with Crippen LogP contribution in [0.2, 0.25) is 0 Å². The largest absolute Gasteiger partial charge is 0.339 e. The maximum Gasteiger partial charge on any atom is 0.273 e. The first-order valence-electron chi connectivity index (χ1n) is 7.77. The molecule has 128 valence electrons. The van der Waals surface area contributed by atoms with E-state index in [1.807, 2.05) is 54.8 Å². The molecule has 1 aromatic heterocycles. The summed E-state index contributed by atoms with van der Waals surface area (Å²) in [5.74, 6) is -0.676. The molecule has 0 radical (unpaired) electrons. The van der Waals surface area contributed by atoms with Crippen molar-refractivity contribution in [1.82, 2.24) is 15.5 Å². The normalized spacial score (nSPS) is 11.9. The van der Waals surface area contributed by atoms with Crippen molar-refractivity contribution in [2.24, 2.45) is 0 Å². The third kappa shape index (κ3) is 3.83. The van der Waals surface area contributed by atoms with Crippen LogP contribution in [0.1, 0.15) is 17.4 Å². The van der Waals surface area contributed by atoms with Gasteiger partial charge in [-0.1, -0.05) is 24.3 Å². The number of carbonyl (C=O) groups excluding carboxylic acids is 2. The molecule has 0 aliphatic heterocycles. The van der Waals surface area contributed by atoms with Gasteiger partial charge < -0.3 is 10.6 Å². The fourth-order valence-corrected chi connectivity index (χ4v) is 2.88. The topological polar surface area (TPSA) is 86.9 Å². The molecule has 0 fully saturated rings. The van der Waals surface area contributed by atoms with Crippen LogP contribution in [0.5, 0.6) is 0 Å². The predicted molar refractivity (Wildman–Crippen MR) is 99.9 cm³/mol. The fraction of sp³-hybridized carbons (Fsp3) is 0.167. The molecule has 3 rings (SSSR count). The van der Waals surface area contributed by atoms with Gasteiger partial charge in [-0.25, -0.2) is 0 Å². The van der Waals surface area contributed by atoms with Gasteiger partial charge in [0.15, 0.2) is 5.69 Å². The molecule has 7 heteroatoms. The third-order valence-corrected chi connectivity index (χ3v) is 4.49. The van der Waals surface area contributed by atoms with Gasteiger partial charge in [-0.2, -0.15) is 5.10 Å². The van der Waals surface area contributed by atoms with Gasteiger partial charge in [-0.3, -0.25) is 14.7 Å². The van der Waals surface area contributed by atoms with Gasteiger partial charge >= 0.3 is 0 Å². The lowest BCUT2D eigenvalue weighted by atomic mass is 10.2. The number of nitrogens with one attached hydrogen (secondary N) is 3. The van der Waals surface area contributed by atoms with E-state index in [-0.39, 0.29) is 11.6 Å². The highest BCUT2D eigenvalue weighted by molar-refractivity contribution is 7.98. The van der Waals surface area contributed by atoms with E-state index in [1.54, 1.807) is 18.7 Å². The Morgan fingerprint density at radius 2 is 1.96 bits per heavy atom. The van der Waals surface area contributed by atoms with Crippen LogP contribution in [0.4, 0.5) is 5.69 Å². The van der Waals surface area contributed by atoms with Crippen LogP contribution < -0.4 is 10.6 Å². The average Bonchev–Trinajstić information content (AvgIpc) is 3.06. The smallest absolute Gasteiger partial charge is 0.273 e. The Labute approximate surface area is 149 Å². The van der Waals surface area contributed by atoms with E-state index < -0.39 is 11.9 Å². The average molecular weight is 354 g/mol. The van der Waals surface area contributed by atoms with Gasteiger partial charge in [0.05, 0.1) is 5.52 Å². The zero-order valence-corrected chi connectivity index (χ0v) is 14.7. The molecule has 1 unspecified atom stereocenters. The summed E-state index contributed by atoms with van der Waals surface area (Å²) in [6, 6.07) is 14.2. The molecule has 1 atom stereocenters. The van der Waals surface area contributed by atoms with Crippen LogP contribution in [0.15, 0.2) is 53.4 Å². The molecule has 6 nitrogen and oxygen atoms in total. The van der Waals surface area contributed by atoms with Gasteiger partial charge in [-0.05, 0) is 37.4 Å². The van der Waals surface area contributed by atoms with Crippen molar-refractivity contribution in [3.63, 3.8) is 0 Å². The number of aromatic nitrogens is 2. The van der Waals surface area contributed by atoms with Crippen molar-refractivity contribution in [1.29, 1.82) is 0 Å². The molecule has 3 N–H and O–H groups in total. The molecule has 0 aliphatic rings. The summed E-state index contributed by atoms with van der Waals surface area (Å²) in [5.41, 5.74) is 1.75. The van der Waals surface area contributed by atoms with E-state index in [4.69, 9.17) is 0 Å². The minimum absolute atomic E-state index is 0.277. The lowest BCUT2D eigenvalue weighted by molar-refractivity contribution is -0.117. The van der Waals surface area contributed by atoms with Gasteiger partial charge in [0, 0.05) is 16.0 Å². The number of thioether (sulfide) groups is 1. The Kier molecular flexibility index (Phi) is 5.04. The number of aromatic amines is 1. The molecule has 25 heavy (non-hydrogen) atoms. The summed E-state index contributed by atoms with van der Waals surface area (Å²) in [7, 11) is 0. The predicted octanol–water partition coefficient (Wildman–Crippen LogP) is 3.04. The number of anilines is 1. The van der Waals surface area contributed by atoms with E-state index in [9.17, 15) is 9.59 Å². The second kappa shape index (κ2) is 7.40. The standard InChI is InChI=1S/C18H18N4O2S/c1-11(17(23)20-12-6-5-7-13(10-12)25-2)19-18(24)16-14-8-3-4-9-15(14)21-22-16/h3-11H,1-2H3,(H,19,24)(H,20,23)(H,21,22). The second-order valence-corrected chi connectivity index (χ2v) is 6.41. The zero-order chi connectivity index (χ0) is 17.8. The van der Waals surface area contributed by atoms with Crippen LogP contribution in [-0.4, -0.2) is 34.3 Å². The monoisotopic (exact) mass is 354 g/mol. The minimum atomic E-state index is -0.694. The molecule has 0 saturated heterocycles. The number of nitrogens with zero attached hydrogens (tertiary/aromatic N) is 1. The van der Waals surface area contributed by atoms with E-state index in [0.29, 0.717) is 5.69 Å². The molecule has 0 bridgehead atoms. The Morgan fingerprint density at radius 1 is 1.16 bits per heavy atom. The van der Waals surface area contributed by atoms with Crippen LogP contribution in [-0.2, 0) is 4.79 Å². The SMILES string of the molecule is CSc1cccc(NC(=O)C(C)NC(=O)c2n[nH]c3ccccc23)c1. The number of rotatable bonds is 5. The highest BCUT2D eigenvalue weighted by Crippen LogP contribution is 2.19. The molecular formula is C18H18N4O2S. The number of benzene rings is 2. The number of para-hydroxylation sites is 1. The highest BCUT2D eigenvalue weighted by Gasteiger charge is 2.20. The zero-order valence-electron chi connectivity index (χ0n) is 13.9. The van der Waals surface area contributed by atoms with Crippen molar-refractivity contribution in [2.45, 2.75) is 17.9 Å². The van der Waals surface area contributed by atoms with Crippen molar-refractivity contribution in [2.75, 3.05) is 11.6 Å². The fourth-order valence-electron chi connectivity index (χ4n) is 2.42. The van der Waals surface area contributed by atoms with Crippen LogP contribution in [0.3, 0.4) is 0 Å². The maximum absolute atomic E-state index is 12.4. The van der Waals surface area contributed by atoms with Crippen molar-refractivity contribution in [3.05, 3.63) is 54.2 Å². The third-order valence-electron chi connectivity index (χ3n) is 3.76. The lowest BCUT2D eigenvalue weighted by Gasteiger charge is -2.14. The first-order chi connectivity index (χ1) is 12.1. The summed E-state index contributed by atoms with van der Waals surface area (Å²) in [6.07, 6.45) is 1.97. The number of H-pyrrole nitrogens is 1. The number of amides is 2. The van der Waals surface area contributed by atoms with E-state index in [1.165, 1.54) is 0 Å². The van der Waals surface area contributed by atoms with Crippen LogP contribution in [0, 0.1) is 0 Å². The number of hydrogen-bond acceptors (Lipinski definition) is 4. The number of carbonyl (C=O) groups is 2.